The van der Waals surface area contributed by atoms with E-state index in [9.17, 15) is 22.8 Å². The lowest BCUT2D eigenvalue weighted by atomic mass is 10.1. The second-order valence-corrected chi connectivity index (χ2v) is 8.45. The maximum absolute atomic E-state index is 13.3. The van der Waals surface area contributed by atoms with Gasteiger partial charge in [0.15, 0.2) is 10.3 Å². The number of hydrogen-bond donors (Lipinski definition) is 1. The van der Waals surface area contributed by atoms with E-state index in [0.29, 0.717) is 21.8 Å². The van der Waals surface area contributed by atoms with Gasteiger partial charge >= 0.3 is 6.18 Å². The first-order valence-corrected chi connectivity index (χ1v) is 10.9. The summed E-state index contributed by atoms with van der Waals surface area (Å²) < 4.78 is 40.9. The van der Waals surface area contributed by atoms with Crippen molar-refractivity contribution in [1.82, 2.24) is 19.5 Å². The Bertz CT molecular complexity index is 1660. The lowest BCUT2D eigenvalue weighted by Gasteiger charge is -2.14. The van der Waals surface area contributed by atoms with Crippen LogP contribution in [0.4, 0.5) is 13.2 Å². The van der Waals surface area contributed by atoms with Gasteiger partial charge in [-0.05, 0) is 53.7 Å². The highest BCUT2D eigenvalue weighted by Crippen LogP contribution is 2.30. The number of alkyl halides is 3. The molecule has 0 radical (unpaired) electrons. The van der Waals surface area contributed by atoms with Gasteiger partial charge in [0.1, 0.15) is 0 Å². The summed E-state index contributed by atoms with van der Waals surface area (Å²) in [5.41, 5.74) is -0.369. The van der Waals surface area contributed by atoms with Crippen LogP contribution in [0, 0.1) is 0 Å². The fourth-order valence-corrected chi connectivity index (χ4v) is 4.46. The Balaban J connectivity index is 1.64. The molecular weight excluding hydrogens is 465 g/mol. The van der Waals surface area contributed by atoms with Crippen LogP contribution in [0.3, 0.4) is 0 Å². The van der Waals surface area contributed by atoms with E-state index in [1.807, 2.05) is 0 Å². The first kappa shape index (κ1) is 21.9. The Morgan fingerprint density at radius 2 is 1.53 bits per heavy atom. The van der Waals surface area contributed by atoms with E-state index in [-0.39, 0.29) is 28.0 Å². The quantitative estimate of drug-likeness (QED) is 0.372. The van der Waals surface area contributed by atoms with E-state index in [2.05, 4.69) is 15.0 Å². The summed E-state index contributed by atoms with van der Waals surface area (Å²) in [6.07, 6.45) is -4.51. The van der Waals surface area contributed by atoms with E-state index in [0.717, 1.165) is 23.9 Å². The van der Waals surface area contributed by atoms with Crippen LogP contribution in [0.1, 0.15) is 11.1 Å². The summed E-state index contributed by atoms with van der Waals surface area (Å²) in [6.45, 7) is -0.138. The summed E-state index contributed by atoms with van der Waals surface area (Å²) in [6, 6.07) is 18.3. The minimum Gasteiger partial charge on any atom is -0.301 e. The molecule has 34 heavy (non-hydrogen) atoms. The van der Waals surface area contributed by atoms with Crippen molar-refractivity contribution in [1.29, 1.82) is 0 Å². The molecule has 0 aliphatic carbocycles. The van der Waals surface area contributed by atoms with Crippen LogP contribution < -0.4 is 11.1 Å². The van der Waals surface area contributed by atoms with Crippen molar-refractivity contribution < 1.29 is 13.2 Å². The van der Waals surface area contributed by atoms with Gasteiger partial charge < -0.3 is 4.98 Å². The molecule has 0 amide bonds. The summed E-state index contributed by atoms with van der Waals surface area (Å²) >= 11 is 0.964. The summed E-state index contributed by atoms with van der Waals surface area (Å²) in [7, 11) is 0. The van der Waals surface area contributed by atoms with Crippen LogP contribution in [-0.2, 0) is 12.7 Å². The molecule has 0 aliphatic rings. The van der Waals surface area contributed by atoms with Crippen molar-refractivity contribution in [2.24, 2.45) is 0 Å². The number of nitrogens with one attached hydrogen (secondary N) is 1. The standard InChI is InChI=1S/C24H15F3N4O2S/c25-24(26,27)15-7-5-6-14(12-15)13-31-21(33)17-9-2-4-11-19(17)29-23(31)34-22-28-18-10-3-1-8-16(18)20(32)30-22/h1-12H,13H2,(H,28,30,32). The zero-order valence-electron chi connectivity index (χ0n) is 17.3. The Kier molecular flexibility index (Phi) is 5.45. The number of halogens is 3. The average molecular weight is 480 g/mol. The predicted octanol–water partition coefficient (Wildman–Crippen LogP) is 4.85. The van der Waals surface area contributed by atoms with Crippen molar-refractivity contribution in [3.8, 4) is 0 Å². The maximum atomic E-state index is 13.3. The molecule has 2 aromatic heterocycles. The van der Waals surface area contributed by atoms with Gasteiger partial charge in [-0.3, -0.25) is 14.2 Å². The third-order valence-electron chi connectivity index (χ3n) is 5.20. The number of benzene rings is 3. The van der Waals surface area contributed by atoms with Gasteiger partial charge in [0.2, 0.25) is 0 Å². The Hall–Kier alpha value is -3.92. The number of H-pyrrole nitrogens is 1. The van der Waals surface area contributed by atoms with Crippen molar-refractivity contribution in [2.45, 2.75) is 23.0 Å². The van der Waals surface area contributed by atoms with Crippen LogP contribution in [-0.4, -0.2) is 19.5 Å². The normalized spacial score (nSPS) is 11.9. The molecule has 0 unspecified atom stereocenters. The van der Waals surface area contributed by atoms with Crippen molar-refractivity contribution in [2.75, 3.05) is 0 Å². The highest BCUT2D eigenvalue weighted by molar-refractivity contribution is 7.99. The summed E-state index contributed by atoms with van der Waals surface area (Å²) in [5, 5.41) is 1.15. The van der Waals surface area contributed by atoms with Gasteiger partial charge in [-0.2, -0.15) is 13.2 Å². The first-order chi connectivity index (χ1) is 16.3. The molecule has 0 atom stereocenters. The molecule has 0 saturated carbocycles. The number of para-hydroxylation sites is 2. The van der Waals surface area contributed by atoms with Crippen molar-refractivity contribution >= 4 is 33.6 Å². The number of fused-ring (bicyclic) bond motifs is 2. The second kappa shape index (κ2) is 8.45. The summed E-state index contributed by atoms with van der Waals surface area (Å²) in [5.74, 6) is 0. The SMILES string of the molecule is O=c1[nH]c(Sc2nc3ccccc3c(=O)n2Cc2cccc(C(F)(F)F)c2)nc2ccccc12. The van der Waals surface area contributed by atoms with Gasteiger partial charge in [0.05, 0.1) is 33.9 Å². The number of aromatic nitrogens is 4. The molecule has 0 aliphatic heterocycles. The van der Waals surface area contributed by atoms with E-state index in [4.69, 9.17) is 0 Å². The van der Waals surface area contributed by atoms with Crippen molar-refractivity contribution in [3.63, 3.8) is 0 Å². The molecule has 3 aromatic carbocycles. The zero-order valence-corrected chi connectivity index (χ0v) is 18.2. The highest BCUT2D eigenvalue weighted by atomic mass is 32.2. The molecule has 0 fully saturated rings. The third-order valence-corrected chi connectivity index (χ3v) is 6.08. The Labute approximate surface area is 194 Å². The zero-order chi connectivity index (χ0) is 23.9. The monoisotopic (exact) mass is 480 g/mol. The van der Waals surface area contributed by atoms with E-state index in [1.54, 1.807) is 48.5 Å². The maximum Gasteiger partial charge on any atom is 0.416 e. The summed E-state index contributed by atoms with van der Waals surface area (Å²) in [4.78, 5) is 37.4. The molecule has 5 rings (SSSR count). The smallest absolute Gasteiger partial charge is 0.301 e. The first-order valence-electron chi connectivity index (χ1n) is 10.1. The van der Waals surface area contributed by atoms with Gasteiger partial charge in [-0.1, -0.05) is 36.4 Å². The molecule has 10 heteroatoms. The lowest BCUT2D eigenvalue weighted by Crippen LogP contribution is -2.24. The molecule has 170 valence electrons. The molecule has 0 spiro atoms. The van der Waals surface area contributed by atoms with Gasteiger partial charge in [-0.15, -0.1) is 0 Å². The van der Waals surface area contributed by atoms with E-state index >= 15 is 0 Å². The number of nitrogens with zero attached hydrogens (tertiary/aromatic N) is 3. The van der Waals surface area contributed by atoms with Crippen molar-refractivity contribution in [3.05, 3.63) is 105 Å². The number of aromatic amines is 1. The van der Waals surface area contributed by atoms with Crippen LogP contribution in [0.2, 0.25) is 0 Å². The minimum atomic E-state index is -4.51. The lowest BCUT2D eigenvalue weighted by molar-refractivity contribution is -0.137. The van der Waals surface area contributed by atoms with Crippen LogP contribution in [0.5, 0.6) is 0 Å². The fourth-order valence-electron chi connectivity index (χ4n) is 3.59. The third kappa shape index (κ3) is 4.19. The molecule has 0 bridgehead atoms. The van der Waals surface area contributed by atoms with Gasteiger partial charge in [0, 0.05) is 0 Å². The van der Waals surface area contributed by atoms with Gasteiger partial charge in [-0.25, -0.2) is 9.97 Å². The van der Waals surface area contributed by atoms with Crippen LogP contribution >= 0.6 is 11.8 Å². The molecule has 0 saturated heterocycles. The Morgan fingerprint density at radius 1 is 0.853 bits per heavy atom. The van der Waals surface area contributed by atoms with Crippen LogP contribution in [0.25, 0.3) is 21.8 Å². The van der Waals surface area contributed by atoms with Crippen LogP contribution in [0.15, 0.2) is 92.7 Å². The predicted molar refractivity (Wildman–Crippen MR) is 123 cm³/mol. The topological polar surface area (TPSA) is 80.6 Å². The average Bonchev–Trinajstić information content (AvgIpc) is 2.81. The van der Waals surface area contributed by atoms with Gasteiger partial charge in [0.25, 0.3) is 11.1 Å². The molecule has 6 nitrogen and oxygen atoms in total. The minimum absolute atomic E-state index is 0.138. The van der Waals surface area contributed by atoms with E-state index in [1.165, 1.54) is 16.7 Å². The molecule has 5 aromatic rings. The number of hydrogen-bond acceptors (Lipinski definition) is 5. The second-order valence-electron chi connectivity index (χ2n) is 7.49. The fraction of sp³-hybridized carbons (Fsp3) is 0.0833. The number of rotatable bonds is 4. The Morgan fingerprint density at radius 3 is 2.26 bits per heavy atom. The molecule has 1 N–H and O–H groups in total. The molecular formula is C24H15F3N4O2S. The van der Waals surface area contributed by atoms with E-state index < -0.39 is 17.3 Å². The highest BCUT2D eigenvalue weighted by Gasteiger charge is 2.30. The largest absolute Gasteiger partial charge is 0.416 e. The molecule has 2 heterocycles.